The maximum atomic E-state index is 13.2. The SMILES string of the molecule is Cn1nc(Cn2c(=O)ccn([C@@H]3O[C@H](COP(=O)(O)OP(=O)(O)O)[C@H](O)[C@@H]3O)c2=O)c2ccccc21. The summed E-state index contributed by atoms with van der Waals surface area (Å²) < 4.78 is 39.2. The Morgan fingerprint density at radius 2 is 1.78 bits per heavy atom. The molecular weight excluding hydrogens is 526 g/mol. The number of phosphoric ester groups is 1. The molecule has 3 aromatic rings. The van der Waals surface area contributed by atoms with Crippen molar-refractivity contribution in [3.63, 3.8) is 0 Å². The van der Waals surface area contributed by atoms with Crippen LogP contribution in [0.4, 0.5) is 0 Å². The van der Waals surface area contributed by atoms with Crippen molar-refractivity contribution in [1.29, 1.82) is 0 Å². The number of aromatic nitrogens is 4. The first kappa shape index (κ1) is 26.6. The zero-order valence-electron chi connectivity index (χ0n) is 18.5. The lowest BCUT2D eigenvalue weighted by molar-refractivity contribution is -0.0547. The molecule has 1 saturated heterocycles. The molecule has 0 spiro atoms. The summed E-state index contributed by atoms with van der Waals surface area (Å²) in [6, 6.07) is 8.25. The van der Waals surface area contributed by atoms with Gasteiger partial charge in [0.1, 0.15) is 18.3 Å². The molecule has 1 aliphatic heterocycles. The maximum absolute atomic E-state index is 13.2. The van der Waals surface area contributed by atoms with E-state index in [2.05, 4.69) is 13.9 Å². The van der Waals surface area contributed by atoms with Crippen molar-refractivity contribution >= 4 is 26.5 Å². The van der Waals surface area contributed by atoms with Crippen molar-refractivity contribution in [2.24, 2.45) is 7.05 Å². The van der Waals surface area contributed by atoms with Gasteiger partial charge in [0.25, 0.3) is 5.56 Å². The van der Waals surface area contributed by atoms with E-state index in [0.29, 0.717) is 5.69 Å². The van der Waals surface area contributed by atoms with Crippen LogP contribution < -0.4 is 11.2 Å². The number of hydrogen-bond acceptors (Lipinski definition) is 10. The lowest BCUT2D eigenvalue weighted by Crippen LogP contribution is -2.43. The fraction of sp³-hybridized carbons (Fsp3) is 0.389. The average Bonchev–Trinajstić information content (AvgIpc) is 3.25. The third-order valence-corrected chi connectivity index (χ3v) is 7.61. The fourth-order valence-electron chi connectivity index (χ4n) is 3.85. The maximum Gasteiger partial charge on any atom is 0.481 e. The van der Waals surface area contributed by atoms with Crippen LogP contribution in [0.15, 0.2) is 46.1 Å². The molecule has 4 rings (SSSR count). The number of aliphatic hydroxyl groups is 2. The van der Waals surface area contributed by atoms with Crippen molar-refractivity contribution in [2.45, 2.75) is 31.1 Å². The molecule has 3 heterocycles. The molecule has 1 unspecified atom stereocenters. The Morgan fingerprint density at radius 3 is 2.47 bits per heavy atom. The Morgan fingerprint density at radius 1 is 1.08 bits per heavy atom. The summed E-state index contributed by atoms with van der Waals surface area (Å²) in [5.74, 6) is 0. The molecule has 1 aromatic carbocycles. The normalized spacial score (nSPS) is 24.3. The number of para-hydroxylation sites is 1. The van der Waals surface area contributed by atoms with Gasteiger partial charge in [0, 0.05) is 24.7 Å². The van der Waals surface area contributed by atoms with Crippen LogP contribution in [-0.4, -0.2) is 68.7 Å². The van der Waals surface area contributed by atoms with Gasteiger partial charge in [-0.25, -0.2) is 13.9 Å². The lowest BCUT2D eigenvalue weighted by atomic mass is 10.1. The third kappa shape index (κ3) is 5.43. The van der Waals surface area contributed by atoms with E-state index in [-0.39, 0.29) is 6.54 Å². The summed E-state index contributed by atoms with van der Waals surface area (Å²) in [6.07, 6.45) is -5.46. The van der Waals surface area contributed by atoms with Crippen molar-refractivity contribution < 1.29 is 47.6 Å². The third-order valence-electron chi connectivity index (χ3n) is 5.46. The summed E-state index contributed by atoms with van der Waals surface area (Å²) in [5, 5.41) is 25.8. The van der Waals surface area contributed by atoms with Crippen molar-refractivity contribution in [3.05, 3.63) is 63.1 Å². The minimum absolute atomic E-state index is 0.203. The predicted molar refractivity (Wildman–Crippen MR) is 120 cm³/mol. The molecule has 1 fully saturated rings. The molecule has 1 aliphatic rings. The fourth-order valence-corrected chi connectivity index (χ4v) is 5.45. The predicted octanol–water partition coefficient (Wildman–Crippen LogP) is -1.21. The van der Waals surface area contributed by atoms with Crippen molar-refractivity contribution in [2.75, 3.05) is 6.61 Å². The van der Waals surface area contributed by atoms with Crippen LogP contribution in [-0.2, 0) is 36.3 Å². The van der Waals surface area contributed by atoms with Crippen LogP contribution in [0.25, 0.3) is 10.9 Å². The second-order valence-electron chi connectivity index (χ2n) is 7.90. The summed E-state index contributed by atoms with van der Waals surface area (Å²) in [6.45, 7) is -1.14. The van der Waals surface area contributed by atoms with Crippen molar-refractivity contribution in [1.82, 2.24) is 18.9 Å². The van der Waals surface area contributed by atoms with E-state index < -0.39 is 58.0 Å². The van der Waals surface area contributed by atoms with Crippen LogP contribution in [0.1, 0.15) is 11.9 Å². The second-order valence-corrected chi connectivity index (χ2v) is 10.7. The van der Waals surface area contributed by atoms with Gasteiger partial charge in [-0.1, -0.05) is 18.2 Å². The number of ether oxygens (including phenoxy) is 1. The largest absolute Gasteiger partial charge is 0.481 e. The number of rotatable bonds is 8. The van der Waals surface area contributed by atoms with Gasteiger partial charge in [0.05, 0.1) is 24.4 Å². The van der Waals surface area contributed by atoms with E-state index in [1.807, 2.05) is 12.1 Å². The molecule has 196 valence electrons. The quantitative estimate of drug-likeness (QED) is 0.209. The molecule has 2 aromatic heterocycles. The second kappa shape index (κ2) is 9.76. The number of benzene rings is 1. The van der Waals surface area contributed by atoms with E-state index in [9.17, 15) is 33.8 Å². The van der Waals surface area contributed by atoms with Crippen LogP contribution in [0.2, 0.25) is 0 Å². The Bertz CT molecular complexity index is 1490. The van der Waals surface area contributed by atoms with Gasteiger partial charge in [-0.05, 0) is 6.07 Å². The zero-order valence-corrected chi connectivity index (χ0v) is 20.3. The Balaban J connectivity index is 1.58. The summed E-state index contributed by atoms with van der Waals surface area (Å²) in [7, 11) is -8.91. The molecule has 18 heteroatoms. The number of fused-ring (bicyclic) bond motifs is 1. The molecular formula is C18H22N4O12P2. The molecule has 16 nitrogen and oxygen atoms in total. The highest BCUT2D eigenvalue weighted by Crippen LogP contribution is 2.57. The number of hydrogen-bond donors (Lipinski definition) is 5. The average molecular weight is 548 g/mol. The molecule has 0 amide bonds. The van der Waals surface area contributed by atoms with Gasteiger partial charge < -0.3 is 29.6 Å². The van der Waals surface area contributed by atoms with Crippen LogP contribution in [0.5, 0.6) is 0 Å². The van der Waals surface area contributed by atoms with Gasteiger partial charge in [0.15, 0.2) is 6.23 Å². The van der Waals surface area contributed by atoms with E-state index in [4.69, 9.17) is 14.5 Å². The first-order chi connectivity index (χ1) is 16.8. The zero-order chi connectivity index (χ0) is 26.4. The molecule has 0 aliphatic carbocycles. The highest BCUT2D eigenvalue weighted by atomic mass is 31.3. The molecule has 0 radical (unpaired) electrons. The van der Waals surface area contributed by atoms with Crippen LogP contribution >= 0.6 is 15.6 Å². The highest BCUT2D eigenvalue weighted by molar-refractivity contribution is 7.60. The smallest absolute Gasteiger partial charge is 0.387 e. The highest BCUT2D eigenvalue weighted by Gasteiger charge is 2.46. The van der Waals surface area contributed by atoms with Gasteiger partial charge in [-0.3, -0.25) is 23.1 Å². The number of phosphoric acid groups is 2. The molecule has 5 N–H and O–H groups in total. The Kier molecular flexibility index (Phi) is 7.20. The standard InChI is InChI=1S/C18H22N4O12P2/c1-20-12-5-3-2-4-10(12)11(19-20)8-22-14(23)6-7-21(18(22)26)17-16(25)15(24)13(33-17)9-32-36(30,31)34-35(27,28)29/h2-7,13,15-17,24-25H,8-9H2,1H3,(H,30,31)(H2,27,28,29)/t13-,15+,16+,17-/m1/s1. The first-order valence-corrected chi connectivity index (χ1v) is 13.3. The molecule has 0 bridgehead atoms. The number of aliphatic hydroxyl groups excluding tert-OH is 2. The van der Waals surface area contributed by atoms with E-state index in [1.54, 1.807) is 23.9 Å². The number of nitrogens with zero attached hydrogens (tertiary/aromatic N) is 4. The topological polar surface area (TPSA) is 225 Å². The monoisotopic (exact) mass is 548 g/mol. The molecule has 0 saturated carbocycles. The van der Waals surface area contributed by atoms with Gasteiger partial charge in [-0.2, -0.15) is 9.41 Å². The van der Waals surface area contributed by atoms with E-state index >= 15 is 0 Å². The van der Waals surface area contributed by atoms with Gasteiger partial charge in [0.2, 0.25) is 0 Å². The minimum atomic E-state index is -5.37. The van der Waals surface area contributed by atoms with Gasteiger partial charge in [-0.15, -0.1) is 0 Å². The Labute approximate surface area is 201 Å². The number of aryl methyl sites for hydroxylation is 1. The summed E-state index contributed by atoms with van der Waals surface area (Å²) in [5.41, 5.74) is -0.336. The van der Waals surface area contributed by atoms with E-state index in [1.165, 1.54) is 0 Å². The van der Waals surface area contributed by atoms with Gasteiger partial charge >= 0.3 is 21.3 Å². The summed E-state index contributed by atoms with van der Waals surface area (Å²) >= 11 is 0. The van der Waals surface area contributed by atoms with Crippen LogP contribution in [0.3, 0.4) is 0 Å². The van der Waals surface area contributed by atoms with Crippen LogP contribution in [0, 0.1) is 0 Å². The van der Waals surface area contributed by atoms with Crippen molar-refractivity contribution in [3.8, 4) is 0 Å². The lowest BCUT2D eigenvalue weighted by Gasteiger charge is -2.19. The Hall–Kier alpha value is -2.49. The van der Waals surface area contributed by atoms with E-state index in [0.717, 1.165) is 32.3 Å². The summed E-state index contributed by atoms with van der Waals surface area (Å²) in [4.78, 5) is 52.4. The minimum Gasteiger partial charge on any atom is -0.387 e. The first-order valence-electron chi connectivity index (χ1n) is 10.3. The molecule has 5 atom stereocenters. The molecule has 36 heavy (non-hydrogen) atoms.